The fourth-order valence-electron chi connectivity index (χ4n) is 1.90. The Morgan fingerprint density at radius 2 is 2.05 bits per heavy atom. The van der Waals surface area contributed by atoms with E-state index in [1.165, 1.54) is 6.07 Å². The highest BCUT2D eigenvalue weighted by Crippen LogP contribution is 2.12. The second kappa shape index (κ2) is 5.73. The number of rotatable bonds is 5. The van der Waals surface area contributed by atoms with Gasteiger partial charge >= 0.3 is 0 Å². The van der Waals surface area contributed by atoms with Crippen molar-refractivity contribution < 1.29 is 14.0 Å². The van der Waals surface area contributed by atoms with Gasteiger partial charge in [0.1, 0.15) is 11.5 Å². The maximum absolute atomic E-state index is 12.7. The summed E-state index contributed by atoms with van der Waals surface area (Å²) in [4.78, 5) is 27.7. The molecule has 20 heavy (non-hydrogen) atoms. The molecule has 0 saturated heterocycles. The van der Waals surface area contributed by atoms with Crippen molar-refractivity contribution in [1.82, 2.24) is 14.8 Å². The zero-order valence-electron chi connectivity index (χ0n) is 11.3. The van der Waals surface area contributed by atoms with Gasteiger partial charge in [0.15, 0.2) is 11.6 Å². The molecule has 0 fully saturated rings. The number of hydrogen-bond donors (Lipinski definition) is 0. The molecule has 2 rings (SSSR count). The molecule has 2 aromatic rings. The van der Waals surface area contributed by atoms with Crippen molar-refractivity contribution in [2.45, 2.75) is 19.8 Å². The summed E-state index contributed by atoms with van der Waals surface area (Å²) in [5, 5.41) is 4.16. The summed E-state index contributed by atoms with van der Waals surface area (Å²) < 4.78 is 14.3. The molecule has 104 valence electrons. The molecule has 0 unspecified atom stereocenters. The molecule has 0 saturated carbocycles. The molecular formula is C14H14FN3O2. The van der Waals surface area contributed by atoms with E-state index in [1.54, 1.807) is 17.9 Å². The summed E-state index contributed by atoms with van der Waals surface area (Å²) in [6.07, 6.45) is 2.88. The molecule has 0 aliphatic heterocycles. The largest absolute Gasteiger partial charge is 0.294 e. The number of nitrogens with zero attached hydrogens (tertiary/aromatic N) is 3. The van der Waals surface area contributed by atoms with E-state index >= 15 is 0 Å². The van der Waals surface area contributed by atoms with Gasteiger partial charge in [-0.15, -0.1) is 0 Å². The molecule has 2 aromatic heterocycles. The molecule has 5 nitrogen and oxygen atoms in total. The van der Waals surface area contributed by atoms with Crippen molar-refractivity contribution in [2.24, 2.45) is 7.05 Å². The van der Waals surface area contributed by atoms with Gasteiger partial charge in [0.25, 0.3) is 0 Å². The number of hydrogen-bond acceptors (Lipinski definition) is 4. The van der Waals surface area contributed by atoms with Crippen LogP contribution in [-0.2, 0) is 13.5 Å². The van der Waals surface area contributed by atoms with Gasteiger partial charge in [-0.2, -0.15) is 5.10 Å². The molecule has 0 aliphatic carbocycles. The first-order valence-electron chi connectivity index (χ1n) is 6.21. The average Bonchev–Trinajstić information content (AvgIpc) is 2.80. The predicted molar refractivity (Wildman–Crippen MR) is 70.1 cm³/mol. The topological polar surface area (TPSA) is 64.8 Å². The van der Waals surface area contributed by atoms with Crippen LogP contribution in [0.15, 0.2) is 24.5 Å². The van der Waals surface area contributed by atoms with Gasteiger partial charge in [0.05, 0.1) is 23.9 Å². The van der Waals surface area contributed by atoms with Crippen LogP contribution in [0.1, 0.15) is 39.9 Å². The zero-order valence-corrected chi connectivity index (χ0v) is 11.3. The van der Waals surface area contributed by atoms with Crippen molar-refractivity contribution >= 4 is 11.6 Å². The van der Waals surface area contributed by atoms with Crippen molar-refractivity contribution in [3.05, 3.63) is 47.3 Å². The lowest BCUT2D eigenvalue weighted by Crippen LogP contribution is -2.11. The fraction of sp³-hybridized carbons (Fsp3) is 0.286. The Bertz CT molecular complexity index is 647. The lowest BCUT2D eigenvalue weighted by Gasteiger charge is -2.00. The molecule has 0 amide bonds. The number of carbonyl (C=O) groups is 2. The monoisotopic (exact) mass is 275 g/mol. The summed E-state index contributed by atoms with van der Waals surface area (Å²) in [6, 6.07) is 2.42. The van der Waals surface area contributed by atoms with Gasteiger partial charge in [-0.3, -0.25) is 19.3 Å². The van der Waals surface area contributed by atoms with E-state index in [2.05, 4.69) is 10.1 Å². The van der Waals surface area contributed by atoms with Crippen LogP contribution < -0.4 is 0 Å². The van der Waals surface area contributed by atoms with Crippen LogP contribution in [0.3, 0.4) is 0 Å². The molecule has 0 spiro atoms. The van der Waals surface area contributed by atoms with Crippen LogP contribution in [0, 0.1) is 5.82 Å². The molecule has 0 aliphatic rings. The van der Waals surface area contributed by atoms with Crippen molar-refractivity contribution in [2.75, 3.05) is 0 Å². The quantitative estimate of drug-likeness (QED) is 0.618. The maximum atomic E-state index is 12.7. The Morgan fingerprint density at radius 1 is 1.30 bits per heavy atom. The maximum Gasteiger partial charge on any atom is 0.188 e. The number of pyridine rings is 1. The third-order valence-electron chi connectivity index (χ3n) is 2.87. The third-order valence-corrected chi connectivity index (χ3v) is 2.87. The first kappa shape index (κ1) is 14.0. The highest BCUT2D eigenvalue weighted by atomic mass is 19.1. The summed E-state index contributed by atoms with van der Waals surface area (Å²) >= 11 is 0. The molecule has 0 N–H and O–H groups in total. The van der Waals surface area contributed by atoms with Gasteiger partial charge in [0, 0.05) is 13.2 Å². The van der Waals surface area contributed by atoms with Crippen LogP contribution in [0.25, 0.3) is 0 Å². The van der Waals surface area contributed by atoms with Crippen LogP contribution in [-0.4, -0.2) is 26.3 Å². The van der Waals surface area contributed by atoms with Crippen LogP contribution in [0.5, 0.6) is 0 Å². The molecule has 6 heteroatoms. The van der Waals surface area contributed by atoms with Crippen molar-refractivity contribution in [1.29, 1.82) is 0 Å². The number of halogens is 1. The van der Waals surface area contributed by atoms with Crippen LogP contribution in [0.4, 0.5) is 4.39 Å². The Labute approximate surface area is 115 Å². The van der Waals surface area contributed by atoms with E-state index in [0.29, 0.717) is 17.7 Å². The molecule has 0 radical (unpaired) electrons. The SMILES string of the molecule is CCc1nn(C)cc1C(=O)CC(=O)c1ccc(F)cn1. The molecule has 0 bridgehead atoms. The first-order chi connectivity index (χ1) is 9.51. The molecule has 0 aromatic carbocycles. The minimum atomic E-state index is -0.520. The minimum absolute atomic E-state index is 0.0849. The van der Waals surface area contributed by atoms with Gasteiger partial charge in [-0.1, -0.05) is 6.92 Å². The Kier molecular flexibility index (Phi) is 4.02. The van der Waals surface area contributed by atoms with Crippen molar-refractivity contribution in [3.8, 4) is 0 Å². The Hall–Kier alpha value is -2.37. The molecule has 2 heterocycles. The molecule has 0 atom stereocenters. The van der Waals surface area contributed by atoms with Gasteiger partial charge in [-0.05, 0) is 18.6 Å². The second-order valence-electron chi connectivity index (χ2n) is 4.40. The lowest BCUT2D eigenvalue weighted by molar-refractivity contribution is 0.0891. The minimum Gasteiger partial charge on any atom is -0.294 e. The summed E-state index contributed by atoms with van der Waals surface area (Å²) in [5.74, 6) is -1.25. The van der Waals surface area contributed by atoms with E-state index in [4.69, 9.17) is 0 Å². The Morgan fingerprint density at radius 3 is 2.65 bits per heavy atom. The van der Waals surface area contributed by atoms with E-state index in [-0.39, 0.29) is 17.9 Å². The number of aryl methyl sites for hydroxylation is 2. The fourth-order valence-corrected chi connectivity index (χ4v) is 1.90. The van der Waals surface area contributed by atoms with Gasteiger partial charge < -0.3 is 0 Å². The summed E-state index contributed by atoms with van der Waals surface area (Å²) in [6.45, 7) is 1.89. The number of ketones is 2. The summed E-state index contributed by atoms with van der Waals surface area (Å²) in [7, 11) is 1.72. The average molecular weight is 275 g/mol. The number of Topliss-reactive ketones (excluding diaryl/α,β-unsaturated/α-hetero) is 2. The second-order valence-corrected chi connectivity index (χ2v) is 4.40. The smallest absolute Gasteiger partial charge is 0.188 e. The first-order valence-corrected chi connectivity index (χ1v) is 6.21. The van der Waals surface area contributed by atoms with E-state index in [1.807, 2.05) is 6.92 Å². The normalized spacial score (nSPS) is 10.6. The van der Waals surface area contributed by atoms with Crippen LogP contribution in [0.2, 0.25) is 0 Å². The highest BCUT2D eigenvalue weighted by Gasteiger charge is 2.19. The zero-order chi connectivity index (χ0) is 14.7. The number of carbonyl (C=O) groups excluding carboxylic acids is 2. The van der Waals surface area contributed by atoms with E-state index in [0.717, 1.165) is 12.3 Å². The van der Waals surface area contributed by atoms with Gasteiger partial charge in [0.2, 0.25) is 0 Å². The van der Waals surface area contributed by atoms with E-state index in [9.17, 15) is 14.0 Å². The van der Waals surface area contributed by atoms with E-state index < -0.39 is 11.6 Å². The Balaban J connectivity index is 2.15. The number of aromatic nitrogens is 3. The van der Waals surface area contributed by atoms with Crippen molar-refractivity contribution in [3.63, 3.8) is 0 Å². The third kappa shape index (κ3) is 2.96. The summed E-state index contributed by atoms with van der Waals surface area (Å²) in [5.41, 5.74) is 1.20. The predicted octanol–water partition coefficient (Wildman–Crippen LogP) is 1.97. The van der Waals surface area contributed by atoms with Gasteiger partial charge in [-0.25, -0.2) is 4.39 Å². The lowest BCUT2D eigenvalue weighted by atomic mass is 10.0. The standard InChI is InChI=1S/C14H14FN3O2/c1-3-11-10(8-18(2)17-11)13(19)6-14(20)12-5-4-9(15)7-16-12/h4-5,7-8H,3,6H2,1-2H3. The van der Waals surface area contributed by atoms with Crippen LogP contribution >= 0.6 is 0 Å². The highest BCUT2D eigenvalue weighted by molar-refractivity contribution is 6.13. The molecular weight excluding hydrogens is 261 g/mol.